The molecule has 19 heavy (non-hydrogen) atoms. The van der Waals surface area contributed by atoms with Crippen molar-refractivity contribution in [2.75, 3.05) is 13.2 Å². The predicted octanol–water partition coefficient (Wildman–Crippen LogP) is 5.01. The second-order valence-corrected chi connectivity index (χ2v) is 6.23. The Balaban J connectivity index is 2.88. The molecule has 0 aromatic heterocycles. The lowest BCUT2D eigenvalue weighted by molar-refractivity contribution is 0.213. The topological polar surface area (TPSA) is 18.5 Å². The van der Waals surface area contributed by atoms with Crippen molar-refractivity contribution in [3.8, 4) is 0 Å². The van der Waals surface area contributed by atoms with Gasteiger partial charge < -0.3 is 8.85 Å². The summed E-state index contributed by atoms with van der Waals surface area (Å²) in [6.45, 7) is 6.32. The number of hydrogen-bond acceptors (Lipinski definition) is 2. The summed E-state index contributed by atoms with van der Waals surface area (Å²) < 4.78 is 11.1. The summed E-state index contributed by atoms with van der Waals surface area (Å²) in [4.78, 5) is 0. The molecule has 0 atom stereocenters. The normalized spacial score (nSPS) is 11.1. The summed E-state index contributed by atoms with van der Waals surface area (Å²) in [5.41, 5.74) is 0. The highest BCUT2D eigenvalue weighted by Gasteiger charge is 1.94. The fourth-order valence-corrected chi connectivity index (χ4v) is 2.70. The Morgan fingerprint density at radius 1 is 0.526 bits per heavy atom. The molecule has 0 spiro atoms. The molecule has 0 aliphatic heterocycles. The molecule has 0 saturated carbocycles. The van der Waals surface area contributed by atoms with Gasteiger partial charge in [0.1, 0.15) is 0 Å². The van der Waals surface area contributed by atoms with E-state index < -0.39 is 0 Å². The van der Waals surface area contributed by atoms with E-state index in [1.807, 2.05) is 0 Å². The van der Waals surface area contributed by atoms with Crippen molar-refractivity contribution in [1.29, 1.82) is 0 Å². The van der Waals surface area contributed by atoms with Crippen LogP contribution in [0.5, 0.6) is 0 Å². The molecule has 0 saturated heterocycles. The predicted molar refractivity (Wildman–Crippen MR) is 85.8 cm³/mol. The lowest BCUT2D eigenvalue weighted by Gasteiger charge is -2.05. The molecule has 0 aliphatic rings. The highest BCUT2D eigenvalue weighted by Crippen LogP contribution is 2.05. The molecule has 2 nitrogen and oxygen atoms in total. The average molecular weight is 288 g/mol. The Morgan fingerprint density at radius 2 is 0.895 bits per heavy atom. The molecule has 0 heterocycles. The van der Waals surface area contributed by atoms with Crippen LogP contribution in [0.15, 0.2) is 0 Å². The van der Waals surface area contributed by atoms with E-state index >= 15 is 0 Å². The Hall–Kier alpha value is 0.137. The van der Waals surface area contributed by atoms with Gasteiger partial charge in [-0.05, 0) is 12.8 Å². The first kappa shape index (κ1) is 19.1. The Bertz CT molecular complexity index is 138. The van der Waals surface area contributed by atoms with Crippen molar-refractivity contribution < 1.29 is 8.85 Å². The highest BCUT2D eigenvalue weighted by atomic mass is 28.3. The third kappa shape index (κ3) is 18.1. The van der Waals surface area contributed by atoms with Gasteiger partial charge in [-0.3, -0.25) is 0 Å². The van der Waals surface area contributed by atoms with E-state index in [2.05, 4.69) is 13.8 Å². The largest absolute Gasteiger partial charge is 0.396 e. The van der Waals surface area contributed by atoms with Gasteiger partial charge in [-0.1, -0.05) is 78.1 Å². The molecule has 0 aromatic carbocycles. The van der Waals surface area contributed by atoms with Gasteiger partial charge in [0, 0.05) is 13.2 Å². The third-order valence-electron chi connectivity index (χ3n) is 3.37. The number of hydrogen-bond donors (Lipinski definition) is 0. The zero-order valence-electron chi connectivity index (χ0n) is 13.3. The maximum absolute atomic E-state index is 5.55. The maximum atomic E-state index is 5.55. The molecule has 0 aliphatic carbocycles. The van der Waals surface area contributed by atoms with Crippen LogP contribution in [-0.2, 0) is 8.85 Å². The van der Waals surface area contributed by atoms with Crippen LogP contribution in [0.4, 0.5) is 0 Å². The second-order valence-electron chi connectivity index (χ2n) is 5.37. The van der Waals surface area contributed by atoms with Gasteiger partial charge in [0.2, 0.25) is 0 Å². The summed E-state index contributed by atoms with van der Waals surface area (Å²) >= 11 is 0. The van der Waals surface area contributed by atoms with Gasteiger partial charge in [-0.25, -0.2) is 0 Å². The molecule has 0 unspecified atom stereocenters. The number of unbranched alkanes of at least 4 members (excludes halogenated alkanes) is 10. The van der Waals surface area contributed by atoms with Crippen molar-refractivity contribution >= 4 is 10.0 Å². The van der Waals surface area contributed by atoms with Crippen LogP contribution in [0.3, 0.4) is 0 Å². The summed E-state index contributed by atoms with van der Waals surface area (Å²) in [5.74, 6) is 0. The van der Waals surface area contributed by atoms with Gasteiger partial charge in [0.05, 0.1) is 0 Å². The molecule has 0 aromatic rings. The Morgan fingerprint density at radius 3 is 1.32 bits per heavy atom. The van der Waals surface area contributed by atoms with Crippen molar-refractivity contribution in [3.05, 3.63) is 0 Å². The molecule has 1 radical (unpaired) electrons. The average Bonchev–Trinajstić information content (AvgIpc) is 2.43. The van der Waals surface area contributed by atoms with Crippen molar-refractivity contribution in [2.45, 2.75) is 90.9 Å². The maximum Gasteiger partial charge on any atom is 0.364 e. The smallest absolute Gasteiger partial charge is 0.364 e. The SMILES string of the molecule is CCCCCCCCO[SiH]OCCCCCCCC. The first-order valence-corrected chi connectivity index (χ1v) is 9.41. The van der Waals surface area contributed by atoms with Crippen LogP contribution in [0.1, 0.15) is 90.9 Å². The molecule has 0 rings (SSSR count). The molecular weight excluding hydrogens is 252 g/mol. The monoisotopic (exact) mass is 287 g/mol. The van der Waals surface area contributed by atoms with E-state index in [0.29, 0.717) is 0 Å². The second kappa shape index (κ2) is 18.1. The zero-order chi connectivity index (χ0) is 14.0. The Labute approximate surface area is 123 Å². The van der Waals surface area contributed by atoms with Crippen LogP contribution in [0, 0.1) is 0 Å². The molecule has 0 fully saturated rings. The van der Waals surface area contributed by atoms with Gasteiger partial charge in [-0.2, -0.15) is 0 Å². The first-order valence-electron chi connectivity index (χ1n) is 8.46. The van der Waals surface area contributed by atoms with Gasteiger partial charge in [0.25, 0.3) is 0 Å². The van der Waals surface area contributed by atoms with Crippen LogP contribution < -0.4 is 0 Å². The number of rotatable bonds is 16. The van der Waals surface area contributed by atoms with E-state index in [4.69, 9.17) is 8.85 Å². The van der Waals surface area contributed by atoms with Gasteiger partial charge in [0.15, 0.2) is 0 Å². The van der Waals surface area contributed by atoms with Crippen LogP contribution >= 0.6 is 0 Å². The van der Waals surface area contributed by atoms with Crippen LogP contribution in [0.25, 0.3) is 0 Å². The van der Waals surface area contributed by atoms with Gasteiger partial charge in [-0.15, -0.1) is 0 Å². The van der Waals surface area contributed by atoms with E-state index in [9.17, 15) is 0 Å². The Kier molecular flexibility index (Phi) is 18.3. The minimum absolute atomic E-state index is 0.210. The summed E-state index contributed by atoms with van der Waals surface area (Å²) in [6, 6.07) is 0. The summed E-state index contributed by atoms with van der Waals surface area (Å²) in [5, 5.41) is 0. The standard InChI is InChI=1S/C16H35O2Si/c1-3-5-7-9-11-13-15-17-19-18-16-14-12-10-8-6-4-2/h19H,3-16H2,1-2H3. The molecule has 0 amide bonds. The summed E-state index contributed by atoms with van der Waals surface area (Å²) in [6.07, 6.45) is 16.0. The quantitative estimate of drug-likeness (QED) is 0.293. The lowest BCUT2D eigenvalue weighted by atomic mass is 10.1. The molecule has 3 heteroatoms. The van der Waals surface area contributed by atoms with Crippen molar-refractivity contribution in [2.24, 2.45) is 0 Å². The van der Waals surface area contributed by atoms with Gasteiger partial charge >= 0.3 is 10.0 Å². The summed E-state index contributed by atoms with van der Waals surface area (Å²) in [7, 11) is -0.210. The molecule has 115 valence electrons. The lowest BCUT2D eigenvalue weighted by Crippen LogP contribution is -2.07. The van der Waals surface area contributed by atoms with E-state index in [1.165, 1.54) is 77.0 Å². The molecular formula is C16H35O2Si. The van der Waals surface area contributed by atoms with Crippen LogP contribution in [-0.4, -0.2) is 23.2 Å². The highest BCUT2D eigenvalue weighted by molar-refractivity contribution is 6.17. The van der Waals surface area contributed by atoms with Crippen molar-refractivity contribution in [3.63, 3.8) is 0 Å². The van der Waals surface area contributed by atoms with E-state index in [1.54, 1.807) is 0 Å². The molecule has 0 N–H and O–H groups in total. The fraction of sp³-hybridized carbons (Fsp3) is 1.00. The van der Waals surface area contributed by atoms with E-state index in [0.717, 1.165) is 13.2 Å². The van der Waals surface area contributed by atoms with Crippen LogP contribution in [0.2, 0.25) is 0 Å². The third-order valence-corrected chi connectivity index (χ3v) is 4.11. The zero-order valence-corrected chi connectivity index (χ0v) is 14.4. The minimum Gasteiger partial charge on any atom is -0.396 e. The first-order chi connectivity index (χ1) is 9.41. The molecule has 0 bridgehead atoms. The van der Waals surface area contributed by atoms with E-state index in [-0.39, 0.29) is 10.0 Å². The van der Waals surface area contributed by atoms with Crippen molar-refractivity contribution in [1.82, 2.24) is 0 Å². The minimum atomic E-state index is -0.210. The fourth-order valence-electron chi connectivity index (χ4n) is 2.08.